The summed E-state index contributed by atoms with van der Waals surface area (Å²) in [4.78, 5) is 33.3. The summed E-state index contributed by atoms with van der Waals surface area (Å²) in [6.45, 7) is 17.2. The summed E-state index contributed by atoms with van der Waals surface area (Å²) >= 11 is 0. The zero-order valence-electron chi connectivity index (χ0n) is 38.6. The molecule has 8 bridgehead atoms. The quantitative estimate of drug-likeness (QED) is 0.148. The Balaban J connectivity index is 1.42. The molecule has 2 aliphatic rings. The van der Waals surface area contributed by atoms with Crippen LogP contribution >= 0.6 is 0 Å². The molecule has 0 fully saturated rings. The van der Waals surface area contributed by atoms with Gasteiger partial charge in [0.1, 0.15) is 0 Å². The van der Waals surface area contributed by atoms with Crippen molar-refractivity contribution in [3.8, 4) is 33.4 Å². The smallest absolute Gasteiger partial charge is 0.335 e. The van der Waals surface area contributed by atoms with E-state index in [4.69, 9.17) is 9.97 Å². The molecular weight excluding hydrogens is 811 g/mol. The summed E-state index contributed by atoms with van der Waals surface area (Å²) in [5.74, 6) is -0.972. The Hall–Kier alpha value is -8.03. The van der Waals surface area contributed by atoms with Gasteiger partial charge < -0.3 is 20.0 Å². The molecule has 0 saturated carbocycles. The molecule has 0 unspecified atom stereocenters. The minimum absolute atomic E-state index is 0.220. The van der Waals surface area contributed by atoms with Crippen molar-refractivity contribution in [2.45, 2.75) is 55.4 Å². The third kappa shape index (κ3) is 7.52. The van der Waals surface area contributed by atoms with Gasteiger partial charge in [0.25, 0.3) is 0 Å². The monoisotopic (exact) mass is 861 g/mol. The summed E-state index contributed by atoms with van der Waals surface area (Å²) in [5, 5.41) is 9.86. The minimum Gasteiger partial charge on any atom is -0.478 e. The maximum absolute atomic E-state index is 12.0. The Bertz CT molecular complexity index is 3370. The number of rotatable bonds is 7. The van der Waals surface area contributed by atoms with E-state index in [0.717, 1.165) is 118 Å². The van der Waals surface area contributed by atoms with E-state index in [0.29, 0.717) is 0 Å². The highest BCUT2D eigenvalue weighted by Crippen LogP contribution is 2.44. The fourth-order valence-electron chi connectivity index (χ4n) is 9.98. The first-order valence-corrected chi connectivity index (χ1v) is 22.4. The van der Waals surface area contributed by atoms with Crippen LogP contribution in [-0.2, 0) is 0 Å². The number of aromatic carboxylic acids is 1. The normalized spacial score (nSPS) is 11.9. The van der Waals surface area contributed by atoms with Crippen molar-refractivity contribution < 1.29 is 9.90 Å². The van der Waals surface area contributed by atoms with Crippen LogP contribution in [0.5, 0.6) is 0 Å². The number of hydrogen-bond acceptors (Lipinski definition) is 4. The molecule has 7 heteroatoms. The first kappa shape index (κ1) is 42.0. The molecular formula is C59H51N5O2. The van der Waals surface area contributed by atoms with E-state index in [1.807, 2.05) is 12.1 Å². The second kappa shape index (κ2) is 16.5. The Labute approximate surface area is 385 Å². The van der Waals surface area contributed by atoms with Crippen molar-refractivity contribution >= 4 is 69.4 Å². The number of nitrogens with zero attached hydrogens (tertiary/aromatic N) is 3. The van der Waals surface area contributed by atoms with E-state index in [9.17, 15) is 9.90 Å². The summed E-state index contributed by atoms with van der Waals surface area (Å²) in [7, 11) is 0. The summed E-state index contributed by atoms with van der Waals surface area (Å²) in [6.07, 6.45) is 8.47. The molecule has 8 aromatic rings. The van der Waals surface area contributed by atoms with Gasteiger partial charge in [0, 0.05) is 44.6 Å². The standard InChI is InChI=1S/C59H51N5O2/c1-33-9-17-43(18-10-33)64(44-19-11-34(2)12-20-44)58-51-27-25-49(62-51)56(53-37(5)29-35(3)30-38(53)6)47-23-21-45(60-47)55(41-13-15-42(16-14-41)59(65)66)46-22-24-48(61-46)57(50-26-28-52(58)63-50)54-39(7)31-36(4)32-40(54)8/h9-32,60,63H,1-8H3,(H,65,66). The predicted molar refractivity (Wildman–Crippen MR) is 275 cm³/mol. The van der Waals surface area contributed by atoms with Crippen molar-refractivity contribution in [2.24, 2.45) is 0 Å². The maximum Gasteiger partial charge on any atom is 0.335 e. The van der Waals surface area contributed by atoms with Crippen molar-refractivity contribution in [1.82, 2.24) is 19.9 Å². The molecule has 5 heterocycles. The van der Waals surface area contributed by atoms with Crippen LogP contribution in [0.1, 0.15) is 77.6 Å². The molecule has 324 valence electrons. The SMILES string of the molecule is Cc1ccc(N(c2ccc(C)cc2)c2c3nc(c(-c4c(C)cc(C)cc4C)c4ccc([nH]4)c(-c4ccc(C(=O)O)cc4)c4nc(c(-c5c(C)cc(C)cc5C)c5ccc2[nH]5)C=C4)C=C3)cc1. The van der Waals surface area contributed by atoms with E-state index < -0.39 is 5.97 Å². The highest BCUT2D eigenvalue weighted by Gasteiger charge is 2.24. The van der Waals surface area contributed by atoms with Crippen LogP contribution in [0.3, 0.4) is 0 Å². The molecule has 0 aliphatic carbocycles. The first-order chi connectivity index (χ1) is 31.8. The van der Waals surface area contributed by atoms with Crippen LogP contribution in [-0.4, -0.2) is 31.0 Å². The average Bonchev–Trinajstić information content (AvgIpc) is 4.13. The lowest BCUT2D eigenvalue weighted by atomic mass is 9.92. The number of aromatic nitrogens is 4. The molecule has 7 nitrogen and oxygen atoms in total. The van der Waals surface area contributed by atoms with Crippen molar-refractivity contribution in [1.29, 1.82) is 0 Å². The van der Waals surface area contributed by atoms with Gasteiger partial charge in [-0.2, -0.15) is 0 Å². The van der Waals surface area contributed by atoms with Gasteiger partial charge in [-0.25, -0.2) is 14.8 Å². The molecule has 0 saturated heterocycles. The van der Waals surface area contributed by atoms with Crippen LogP contribution in [0, 0.1) is 55.4 Å². The molecule has 66 heavy (non-hydrogen) atoms. The topological polar surface area (TPSA) is 97.9 Å². The average molecular weight is 862 g/mol. The number of benzene rings is 5. The lowest BCUT2D eigenvalue weighted by molar-refractivity contribution is 0.0697. The molecule has 0 radical (unpaired) electrons. The van der Waals surface area contributed by atoms with Gasteiger partial charge in [0.2, 0.25) is 0 Å². The van der Waals surface area contributed by atoms with Crippen molar-refractivity contribution in [3.05, 3.63) is 194 Å². The van der Waals surface area contributed by atoms with Gasteiger partial charge in [-0.15, -0.1) is 0 Å². The minimum atomic E-state index is -0.972. The van der Waals surface area contributed by atoms with Gasteiger partial charge in [0.15, 0.2) is 0 Å². The van der Waals surface area contributed by atoms with E-state index in [1.54, 1.807) is 12.1 Å². The number of anilines is 3. The van der Waals surface area contributed by atoms with E-state index in [1.165, 1.54) is 22.3 Å². The number of carbonyl (C=O) groups is 1. The molecule has 3 aromatic heterocycles. The van der Waals surface area contributed by atoms with Crippen molar-refractivity contribution in [2.75, 3.05) is 4.90 Å². The summed E-state index contributed by atoms with van der Waals surface area (Å²) in [6, 6.07) is 42.0. The van der Waals surface area contributed by atoms with Gasteiger partial charge in [0.05, 0.1) is 39.5 Å². The number of aryl methyl sites for hydroxylation is 8. The fraction of sp³-hybridized carbons (Fsp3) is 0.136. The highest BCUT2D eigenvalue weighted by molar-refractivity contribution is 6.02. The lowest BCUT2D eigenvalue weighted by Gasteiger charge is -2.26. The van der Waals surface area contributed by atoms with E-state index in [2.05, 4.69) is 192 Å². The van der Waals surface area contributed by atoms with Gasteiger partial charge in [-0.05, 0) is 179 Å². The number of carboxylic acids is 1. The van der Waals surface area contributed by atoms with Crippen LogP contribution in [0.15, 0.2) is 121 Å². The number of fused-ring (bicyclic) bond motifs is 8. The molecule has 0 amide bonds. The summed E-state index contributed by atoms with van der Waals surface area (Å²) < 4.78 is 0. The number of hydrogen-bond donors (Lipinski definition) is 3. The molecule has 3 N–H and O–H groups in total. The van der Waals surface area contributed by atoms with Crippen LogP contribution in [0.2, 0.25) is 0 Å². The van der Waals surface area contributed by atoms with E-state index >= 15 is 0 Å². The van der Waals surface area contributed by atoms with Gasteiger partial charge in [-0.3, -0.25) is 0 Å². The van der Waals surface area contributed by atoms with E-state index in [-0.39, 0.29) is 5.56 Å². The lowest BCUT2D eigenvalue weighted by Crippen LogP contribution is -2.12. The third-order valence-electron chi connectivity index (χ3n) is 12.8. The largest absolute Gasteiger partial charge is 0.478 e. The fourth-order valence-corrected chi connectivity index (χ4v) is 9.98. The molecule has 0 spiro atoms. The second-order valence-corrected chi connectivity index (χ2v) is 17.9. The second-order valence-electron chi connectivity index (χ2n) is 17.9. The Morgan fingerprint density at radius 2 is 0.803 bits per heavy atom. The first-order valence-electron chi connectivity index (χ1n) is 22.4. The zero-order valence-corrected chi connectivity index (χ0v) is 38.6. The number of aromatic amines is 2. The van der Waals surface area contributed by atoms with Gasteiger partial charge >= 0.3 is 5.97 Å². The van der Waals surface area contributed by atoms with Crippen LogP contribution in [0.25, 0.3) is 79.8 Å². The Kier molecular flexibility index (Phi) is 10.5. The Morgan fingerprint density at radius 1 is 0.424 bits per heavy atom. The molecule has 0 atom stereocenters. The van der Waals surface area contributed by atoms with Gasteiger partial charge in [-0.1, -0.05) is 82.9 Å². The highest BCUT2D eigenvalue weighted by atomic mass is 16.4. The number of H-pyrrole nitrogens is 2. The molecule has 10 rings (SSSR count). The molecule has 2 aliphatic heterocycles. The van der Waals surface area contributed by atoms with Crippen LogP contribution < -0.4 is 4.90 Å². The zero-order chi connectivity index (χ0) is 46.0. The Morgan fingerprint density at radius 3 is 1.26 bits per heavy atom. The maximum atomic E-state index is 12.0. The van der Waals surface area contributed by atoms with Crippen molar-refractivity contribution in [3.63, 3.8) is 0 Å². The van der Waals surface area contributed by atoms with Crippen LogP contribution in [0.4, 0.5) is 17.1 Å². The number of carboxylic acid groups (broad SMARTS) is 1. The predicted octanol–water partition coefficient (Wildman–Crippen LogP) is 15.3. The number of nitrogens with one attached hydrogen (secondary N) is 2. The third-order valence-corrected chi connectivity index (χ3v) is 12.8. The summed E-state index contributed by atoms with van der Waals surface area (Å²) in [5.41, 5.74) is 25.2. The molecule has 5 aromatic carbocycles.